The van der Waals surface area contributed by atoms with E-state index in [1.807, 2.05) is 0 Å². The zero-order valence-corrected chi connectivity index (χ0v) is 11.8. The van der Waals surface area contributed by atoms with Gasteiger partial charge in [-0.15, -0.1) is 0 Å². The monoisotopic (exact) mass is 280 g/mol. The van der Waals surface area contributed by atoms with Gasteiger partial charge >= 0.3 is 5.97 Å². The van der Waals surface area contributed by atoms with E-state index in [9.17, 15) is 9.59 Å². The second-order valence-electron chi connectivity index (χ2n) is 5.09. The van der Waals surface area contributed by atoms with Crippen molar-refractivity contribution in [3.8, 4) is 0 Å². The molecule has 1 fully saturated rings. The van der Waals surface area contributed by atoms with Gasteiger partial charge in [0.2, 0.25) is 0 Å². The molecule has 2 rings (SSSR count). The van der Waals surface area contributed by atoms with Crippen LogP contribution in [-0.4, -0.2) is 59.0 Å². The Kier molecular flexibility index (Phi) is 4.44. The molecule has 0 aromatic carbocycles. The molecular formula is C14H20N2O4. The van der Waals surface area contributed by atoms with Gasteiger partial charge in [-0.1, -0.05) is 6.92 Å². The van der Waals surface area contributed by atoms with Gasteiger partial charge in [-0.25, -0.2) is 4.79 Å². The van der Waals surface area contributed by atoms with Crippen molar-refractivity contribution in [1.29, 1.82) is 0 Å². The molecule has 110 valence electrons. The van der Waals surface area contributed by atoms with Crippen LogP contribution >= 0.6 is 0 Å². The van der Waals surface area contributed by atoms with Gasteiger partial charge in [0.15, 0.2) is 5.76 Å². The summed E-state index contributed by atoms with van der Waals surface area (Å²) in [5.74, 6) is -1.23. The standard InChI is InChI=1S/C14H20N2O4/c1-3-10(2)15-4-6-16(7-5-15)13(17)12-8-11(9-20-12)14(18)19/h8-10H,3-7H2,1-2H3,(H,18,19). The molecule has 1 aromatic rings. The number of carboxylic acids is 1. The van der Waals surface area contributed by atoms with Gasteiger partial charge in [-0.3, -0.25) is 9.69 Å². The van der Waals surface area contributed by atoms with E-state index < -0.39 is 5.97 Å². The zero-order valence-electron chi connectivity index (χ0n) is 11.8. The van der Waals surface area contributed by atoms with Crippen molar-refractivity contribution in [3.05, 3.63) is 23.7 Å². The molecule has 1 unspecified atom stereocenters. The average molecular weight is 280 g/mol. The van der Waals surface area contributed by atoms with Crippen LogP contribution in [0.15, 0.2) is 16.7 Å². The van der Waals surface area contributed by atoms with Crippen molar-refractivity contribution in [2.24, 2.45) is 0 Å². The van der Waals surface area contributed by atoms with E-state index in [1.165, 1.54) is 6.07 Å². The average Bonchev–Trinajstić information content (AvgIpc) is 2.96. The fourth-order valence-electron chi connectivity index (χ4n) is 2.34. The van der Waals surface area contributed by atoms with Crippen LogP contribution in [0.2, 0.25) is 0 Å². The maximum Gasteiger partial charge on any atom is 0.338 e. The first-order valence-electron chi connectivity index (χ1n) is 6.88. The Hall–Kier alpha value is -1.82. The van der Waals surface area contributed by atoms with Crippen LogP contribution in [0.1, 0.15) is 41.2 Å². The predicted molar refractivity (Wildman–Crippen MR) is 72.9 cm³/mol. The second-order valence-corrected chi connectivity index (χ2v) is 5.09. The van der Waals surface area contributed by atoms with Crippen molar-refractivity contribution in [1.82, 2.24) is 9.80 Å². The van der Waals surface area contributed by atoms with Crippen LogP contribution in [0.4, 0.5) is 0 Å². The number of amides is 1. The second kappa shape index (κ2) is 6.09. The van der Waals surface area contributed by atoms with E-state index in [4.69, 9.17) is 9.52 Å². The number of hydrogen-bond acceptors (Lipinski definition) is 4. The lowest BCUT2D eigenvalue weighted by Crippen LogP contribution is -2.51. The van der Waals surface area contributed by atoms with Gasteiger partial charge in [0.1, 0.15) is 6.26 Å². The highest BCUT2D eigenvalue weighted by atomic mass is 16.4. The topological polar surface area (TPSA) is 74.0 Å². The number of rotatable bonds is 4. The van der Waals surface area contributed by atoms with Crippen molar-refractivity contribution >= 4 is 11.9 Å². The summed E-state index contributed by atoms with van der Waals surface area (Å²) < 4.78 is 5.05. The summed E-state index contributed by atoms with van der Waals surface area (Å²) in [6.45, 7) is 7.31. The Morgan fingerprint density at radius 3 is 2.50 bits per heavy atom. The Morgan fingerprint density at radius 2 is 2.00 bits per heavy atom. The fraction of sp³-hybridized carbons (Fsp3) is 0.571. The minimum atomic E-state index is -1.09. The van der Waals surface area contributed by atoms with E-state index in [0.717, 1.165) is 25.8 Å². The molecule has 2 heterocycles. The van der Waals surface area contributed by atoms with E-state index >= 15 is 0 Å². The van der Waals surface area contributed by atoms with Crippen molar-refractivity contribution in [2.45, 2.75) is 26.3 Å². The van der Waals surface area contributed by atoms with Crippen molar-refractivity contribution in [2.75, 3.05) is 26.2 Å². The molecule has 1 atom stereocenters. The third-order valence-electron chi connectivity index (χ3n) is 3.87. The van der Waals surface area contributed by atoms with Gasteiger partial charge in [-0.2, -0.15) is 0 Å². The van der Waals surface area contributed by atoms with Crippen molar-refractivity contribution < 1.29 is 19.1 Å². The minimum Gasteiger partial charge on any atom is -0.478 e. The van der Waals surface area contributed by atoms with Gasteiger partial charge in [0, 0.05) is 38.3 Å². The number of nitrogens with zero attached hydrogens (tertiary/aromatic N) is 2. The molecule has 1 saturated heterocycles. The molecule has 1 aliphatic heterocycles. The molecule has 0 saturated carbocycles. The third-order valence-corrected chi connectivity index (χ3v) is 3.87. The number of carbonyl (C=O) groups is 2. The minimum absolute atomic E-state index is 0.00610. The SMILES string of the molecule is CCC(C)N1CCN(C(=O)c2cc(C(=O)O)co2)CC1. The molecule has 0 radical (unpaired) electrons. The summed E-state index contributed by atoms with van der Waals surface area (Å²) in [5.41, 5.74) is 0.00610. The Morgan fingerprint density at radius 1 is 1.35 bits per heavy atom. The van der Waals surface area contributed by atoms with Gasteiger partial charge in [0.05, 0.1) is 5.56 Å². The van der Waals surface area contributed by atoms with Gasteiger partial charge in [-0.05, 0) is 13.3 Å². The molecule has 1 aliphatic rings. The maximum atomic E-state index is 12.2. The van der Waals surface area contributed by atoms with Crippen LogP contribution < -0.4 is 0 Å². The third kappa shape index (κ3) is 3.01. The molecule has 6 heteroatoms. The number of furan rings is 1. The highest BCUT2D eigenvalue weighted by Crippen LogP contribution is 2.14. The number of piperazine rings is 1. The molecule has 1 amide bonds. The van der Waals surface area contributed by atoms with E-state index in [1.54, 1.807) is 4.90 Å². The molecule has 0 spiro atoms. The van der Waals surface area contributed by atoms with Crippen LogP contribution in [-0.2, 0) is 0 Å². The number of carboxylic acid groups (broad SMARTS) is 1. The smallest absolute Gasteiger partial charge is 0.338 e. The van der Waals surface area contributed by atoms with Crippen LogP contribution in [0.3, 0.4) is 0 Å². The van der Waals surface area contributed by atoms with Crippen LogP contribution in [0.25, 0.3) is 0 Å². The van der Waals surface area contributed by atoms with Crippen LogP contribution in [0, 0.1) is 0 Å². The highest BCUT2D eigenvalue weighted by Gasteiger charge is 2.26. The normalized spacial score (nSPS) is 18.0. The zero-order chi connectivity index (χ0) is 14.7. The lowest BCUT2D eigenvalue weighted by atomic mass is 10.2. The Labute approximate surface area is 118 Å². The first-order chi connectivity index (χ1) is 9.52. The predicted octanol–water partition coefficient (Wildman–Crippen LogP) is 1.53. The Bertz CT molecular complexity index is 489. The molecular weight excluding hydrogens is 260 g/mol. The first kappa shape index (κ1) is 14.6. The summed E-state index contributed by atoms with van der Waals surface area (Å²) in [4.78, 5) is 27.0. The molecule has 20 heavy (non-hydrogen) atoms. The number of carbonyl (C=O) groups excluding carboxylic acids is 1. The number of aromatic carboxylic acids is 1. The van der Waals surface area contributed by atoms with Gasteiger partial charge < -0.3 is 14.4 Å². The molecule has 1 N–H and O–H groups in total. The summed E-state index contributed by atoms with van der Waals surface area (Å²) in [5, 5.41) is 8.82. The summed E-state index contributed by atoms with van der Waals surface area (Å²) in [7, 11) is 0. The van der Waals surface area contributed by atoms with Crippen molar-refractivity contribution in [3.63, 3.8) is 0 Å². The largest absolute Gasteiger partial charge is 0.478 e. The first-order valence-corrected chi connectivity index (χ1v) is 6.88. The van der Waals surface area contributed by atoms with E-state index in [-0.39, 0.29) is 17.2 Å². The van der Waals surface area contributed by atoms with Gasteiger partial charge in [0.25, 0.3) is 5.91 Å². The number of hydrogen-bond donors (Lipinski definition) is 1. The van der Waals surface area contributed by atoms with E-state index in [2.05, 4.69) is 18.7 Å². The fourth-order valence-corrected chi connectivity index (χ4v) is 2.34. The maximum absolute atomic E-state index is 12.2. The summed E-state index contributed by atoms with van der Waals surface area (Å²) >= 11 is 0. The summed E-state index contributed by atoms with van der Waals surface area (Å²) in [6.07, 6.45) is 2.19. The van der Waals surface area contributed by atoms with Crippen LogP contribution in [0.5, 0.6) is 0 Å². The molecule has 0 bridgehead atoms. The Balaban J connectivity index is 1.96. The van der Waals surface area contributed by atoms with E-state index in [0.29, 0.717) is 19.1 Å². The molecule has 0 aliphatic carbocycles. The lowest BCUT2D eigenvalue weighted by molar-refractivity contribution is 0.0550. The molecule has 6 nitrogen and oxygen atoms in total. The lowest BCUT2D eigenvalue weighted by Gasteiger charge is -2.37. The summed E-state index contributed by atoms with van der Waals surface area (Å²) in [6, 6.07) is 1.81. The molecule has 1 aromatic heterocycles. The highest BCUT2D eigenvalue weighted by molar-refractivity contribution is 5.95. The quantitative estimate of drug-likeness (QED) is 0.905.